The summed E-state index contributed by atoms with van der Waals surface area (Å²) in [5.74, 6) is -3.80. The van der Waals surface area contributed by atoms with Crippen LogP contribution < -0.4 is 4.74 Å². The summed E-state index contributed by atoms with van der Waals surface area (Å²) in [7, 11) is 0. The van der Waals surface area contributed by atoms with Crippen LogP contribution in [0.15, 0.2) is 48.5 Å². The van der Waals surface area contributed by atoms with Gasteiger partial charge in [0.15, 0.2) is 23.2 Å². The molecule has 1 aliphatic rings. The first kappa shape index (κ1) is 26.2. The smallest absolute Gasteiger partial charge is 0.200 e. The van der Waals surface area contributed by atoms with Crippen molar-refractivity contribution in [3.8, 4) is 16.9 Å². The van der Waals surface area contributed by atoms with E-state index in [1.807, 2.05) is 19.1 Å². The Morgan fingerprint density at radius 1 is 0.667 bits per heavy atom. The monoisotopic (exact) mass is 498 g/mol. The second-order valence-electron chi connectivity index (χ2n) is 9.93. The number of halogens is 4. The predicted molar refractivity (Wildman–Crippen MR) is 136 cm³/mol. The molecule has 3 aromatic carbocycles. The lowest BCUT2D eigenvalue weighted by Crippen LogP contribution is -2.15. The lowest BCUT2D eigenvalue weighted by atomic mass is 9.75. The van der Waals surface area contributed by atoms with Crippen LogP contribution in [-0.4, -0.2) is 6.61 Å². The fraction of sp³-hybridized carbons (Fsp3) is 0.419. The van der Waals surface area contributed by atoms with Gasteiger partial charge in [0.1, 0.15) is 0 Å². The number of hydrogen-bond donors (Lipinski definition) is 0. The minimum Gasteiger partial charge on any atom is -0.490 e. The van der Waals surface area contributed by atoms with E-state index < -0.39 is 23.3 Å². The van der Waals surface area contributed by atoms with Gasteiger partial charge in [-0.25, -0.2) is 13.2 Å². The maximum atomic E-state index is 15.1. The summed E-state index contributed by atoms with van der Waals surface area (Å²) >= 11 is 0. The van der Waals surface area contributed by atoms with Crippen molar-refractivity contribution in [2.45, 2.75) is 77.0 Å². The lowest BCUT2D eigenvalue weighted by Gasteiger charge is -2.30. The molecule has 1 aliphatic carbocycles. The van der Waals surface area contributed by atoms with Gasteiger partial charge in [-0.15, -0.1) is 0 Å². The van der Waals surface area contributed by atoms with Gasteiger partial charge >= 0.3 is 0 Å². The van der Waals surface area contributed by atoms with E-state index in [0.29, 0.717) is 49.0 Å². The zero-order valence-electron chi connectivity index (χ0n) is 21.1. The van der Waals surface area contributed by atoms with Crippen LogP contribution in [0.1, 0.15) is 86.8 Å². The minimum absolute atomic E-state index is 0.0485. The van der Waals surface area contributed by atoms with Gasteiger partial charge in [0, 0.05) is 5.56 Å². The van der Waals surface area contributed by atoms with E-state index in [4.69, 9.17) is 4.74 Å². The Morgan fingerprint density at radius 2 is 1.25 bits per heavy atom. The molecule has 0 heterocycles. The highest BCUT2D eigenvalue weighted by Crippen LogP contribution is 2.43. The van der Waals surface area contributed by atoms with Crippen LogP contribution in [0.2, 0.25) is 0 Å². The number of hydrogen-bond acceptors (Lipinski definition) is 1. The Morgan fingerprint density at radius 3 is 1.86 bits per heavy atom. The fourth-order valence-corrected chi connectivity index (χ4v) is 5.24. The van der Waals surface area contributed by atoms with Crippen LogP contribution in [0.5, 0.6) is 5.75 Å². The fourth-order valence-electron chi connectivity index (χ4n) is 5.24. The van der Waals surface area contributed by atoms with Crippen molar-refractivity contribution in [1.29, 1.82) is 0 Å². The molecule has 0 amide bonds. The number of ether oxygens (including phenoxy) is 1. The highest BCUT2D eigenvalue weighted by molar-refractivity contribution is 5.65. The standard InChI is InChI=1S/C31H34F4O/c1-3-4-5-6-19-36-27-18-17-26(30(34)31(27)35)23-13-11-22(12-14-23)25-16-15-24(28(32)29(25)33)21-9-7-20(2)8-10-21/h7-10,15-18,22-23H,3-6,11-14,19H2,1-2H3. The second-order valence-corrected chi connectivity index (χ2v) is 9.93. The Bertz CT molecular complexity index is 1160. The normalized spacial score (nSPS) is 17.8. The summed E-state index contributed by atoms with van der Waals surface area (Å²) in [4.78, 5) is 0. The molecule has 1 nitrogen and oxygen atoms in total. The zero-order valence-corrected chi connectivity index (χ0v) is 21.1. The third-order valence-corrected chi connectivity index (χ3v) is 7.41. The first-order valence-corrected chi connectivity index (χ1v) is 13.1. The molecule has 0 unspecified atom stereocenters. The summed E-state index contributed by atoms with van der Waals surface area (Å²) in [6, 6.07) is 13.8. The molecule has 0 N–H and O–H groups in total. The maximum absolute atomic E-state index is 15.1. The van der Waals surface area contributed by atoms with Crippen LogP contribution in [0, 0.1) is 30.2 Å². The second kappa shape index (κ2) is 11.9. The summed E-state index contributed by atoms with van der Waals surface area (Å²) in [6.45, 7) is 4.42. The number of unbranched alkanes of at least 4 members (excludes halogenated alkanes) is 3. The molecule has 4 rings (SSSR count). The van der Waals surface area contributed by atoms with Gasteiger partial charge in [0.2, 0.25) is 5.82 Å². The van der Waals surface area contributed by atoms with Crippen LogP contribution in [0.3, 0.4) is 0 Å². The van der Waals surface area contributed by atoms with Crippen molar-refractivity contribution >= 4 is 0 Å². The van der Waals surface area contributed by atoms with E-state index in [-0.39, 0.29) is 23.1 Å². The summed E-state index contributed by atoms with van der Waals surface area (Å²) in [5, 5.41) is 0. The highest BCUT2D eigenvalue weighted by Gasteiger charge is 2.29. The zero-order chi connectivity index (χ0) is 25.7. The van der Waals surface area contributed by atoms with Gasteiger partial charge in [-0.05, 0) is 73.6 Å². The molecule has 0 spiro atoms. The molecule has 1 saturated carbocycles. The van der Waals surface area contributed by atoms with Crippen molar-refractivity contribution in [1.82, 2.24) is 0 Å². The van der Waals surface area contributed by atoms with Gasteiger partial charge in [0.25, 0.3) is 0 Å². The van der Waals surface area contributed by atoms with Gasteiger partial charge in [-0.1, -0.05) is 74.2 Å². The Labute approximate surface area is 211 Å². The van der Waals surface area contributed by atoms with Gasteiger partial charge in [-0.3, -0.25) is 0 Å². The molecular formula is C31H34F4O. The van der Waals surface area contributed by atoms with Gasteiger partial charge in [-0.2, -0.15) is 4.39 Å². The van der Waals surface area contributed by atoms with E-state index in [1.165, 1.54) is 6.07 Å². The SMILES string of the molecule is CCCCCCOc1ccc(C2CCC(c3ccc(-c4ccc(C)cc4)c(F)c3F)CC2)c(F)c1F. The van der Waals surface area contributed by atoms with E-state index in [9.17, 15) is 13.2 Å². The molecule has 0 aromatic heterocycles. The van der Waals surface area contributed by atoms with Crippen molar-refractivity contribution in [3.63, 3.8) is 0 Å². The molecule has 0 bridgehead atoms. The van der Waals surface area contributed by atoms with E-state index in [0.717, 1.165) is 31.2 Å². The molecular weight excluding hydrogens is 464 g/mol. The quantitative estimate of drug-likeness (QED) is 0.211. The summed E-state index contributed by atoms with van der Waals surface area (Å²) < 4.78 is 65.0. The number of rotatable bonds is 9. The van der Waals surface area contributed by atoms with Crippen molar-refractivity contribution in [2.24, 2.45) is 0 Å². The van der Waals surface area contributed by atoms with Crippen molar-refractivity contribution in [2.75, 3.05) is 6.61 Å². The van der Waals surface area contributed by atoms with E-state index in [2.05, 4.69) is 6.92 Å². The van der Waals surface area contributed by atoms with Crippen LogP contribution in [0.4, 0.5) is 17.6 Å². The molecule has 0 aliphatic heterocycles. The molecule has 0 atom stereocenters. The Kier molecular flexibility index (Phi) is 8.71. The van der Waals surface area contributed by atoms with Crippen LogP contribution in [0.25, 0.3) is 11.1 Å². The maximum Gasteiger partial charge on any atom is 0.200 e. The third-order valence-electron chi connectivity index (χ3n) is 7.41. The lowest BCUT2D eigenvalue weighted by molar-refractivity contribution is 0.283. The average Bonchev–Trinajstić information content (AvgIpc) is 2.89. The van der Waals surface area contributed by atoms with Gasteiger partial charge in [0.05, 0.1) is 6.61 Å². The Hall–Kier alpha value is -2.82. The van der Waals surface area contributed by atoms with Crippen molar-refractivity contribution in [3.05, 3.63) is 88.5 Å². The molecule has 0 saturated heterocycles. The van der Waals surface area contributed by atoms with Crippen LogP contribution >= 0.6 is 0 Å². The predicted octanol–water partition coefficient (Wildman–Crippen LogP) is 9.62. The first-order chi connectivity index (χ1) is 17.4. The topological polar surface area (TPSA) is 9.23 Å². The third kappa shape index (κ3) is 5.77. The average molecular weight is 499 g/mol. The molecule has 1 fully saturated rings. The Balaban J connectivity index is 1.41. The largest absolute Gasteiger partial charge is 0.490 e. The first-order valence-electron chi connectivity index (χ1n) is 13.1. The van der Waals surface area contributed by atoms with E-state index in [1.54, 1.807) is 30.3 Å². The molecule has 192 valence electrons. The van der Waals surface area contributed by atoms with E-state index >= 15 is 4.39 Å². The number of benzene rings is 3. The van der Waals surface area contributed by atoms with Gasteiger partial charge < -0.3 is 4.74 Å². The summed E-state index contributed by atoms with van der Waals surface area (Å²) in [5.41, 5.74) is 2.63. The molecule has 5 heteroatoms. The minimum atomic E-state index is -0.940. The molecule has 36 heavy (non-hydrogen) atoms. The summed E-state index contributed by atoms with van der Waals surface area (Å²) in [6.07, 6.45) is 6.34. The molecule has 0 radical (unpaired) electrons. The van der Waals surface area contributed by atoms with Crippen molar-refractivity contribution < 1.29 is 22.3 Å². The van der Waals surface area contributed by atoms with Crippen LogP contribution in [-0.2, 0) is 0 Å². The number of aryl methyl sites for hydroxylation is 1. The highest BCUT2D eigenvalue weighted by atomic mass is 19.2. The molecule has 3 aromatic rings.